The molecule has 8 nitrogen and oxygen atoms in total. The highest BCUT2D eigenvalue weighted by atomic mass is 32.1. The maximum atomic E-state index is 14.1. The van der Waals surface area contributed by atoms with Crippen molar-refractivity contribution in [3.8, 4) is 0 Å². The highest BCUT2D eigenvalue weighted by Crippen LogP contribution is 2.34. The highest BCUT2D eigenvalue weighted by Gasteiger charge is 2.33. The summed E-state index contributed by atoms with van der Waals surface area (Å²) in [5.41, 5.74) is 0.403. The lowest BCUT2D eigenvalue weighted by molar-refractivity contribution is 0.101. The van der Waals surface area contributed by atoms with E-state index in [9.17, 15) is 9.50 Å². The summed E-state index contributed by atoms with van der Waals surface area (Å²) < 4.78 is 15.7. The zero-order valence-corrected chi connectivity index (χ0v) is 17.6. The van der Waals surface area contributed by atoms with E-state index in [2.05, 4.69) is 30.6 Å². The molecular formula is C18H18FN7OS2. The molecule has 0 fully saturated rings. The van der Waals surface area contributed by atoms with Crippen molar-refractivity contribution < 1.29 is 9.50 Å². The van der Waals surface area contributed by atoms with Gasteiger partial charge in [0.25, 0.3) is 0 Å². The quantitative estimate of drug-likeness (QED) is 0.482. The third kappa shape index (κ3) is 4.02. The number of hydrogen-bond donors (Lipinski definition) is 2. The summed E-state index contributed by atoms with van der Waals surface area (Å²) in [5, 5.41) is 29.8. The van der Waals surface area contributed by atoms with E-state index in [1.54, 1.807) is 43.1 Å². The van der Waals surface area contributed by atoms with Gasteiger partial charge in [0.15, 0.2) is 16.4 Å². The monoisotopic (exact) mass is 431 g/mol. The van der Waals surface area contributed by atoms with E-state index < -0.39 is 5.60 Å². The minimum Gasteiger partial charge on any atom is -0.376 e. The van der Waals surface area contributed by atoms with Crippen LogP contribution in [0, 0.1) is 19.7 Å². The van der Waals surface area contributed by atoms with Crippen molar-refractivity contribution in [3.05, 3.63) is 62.7 Å². The van der Waals surface area contributed by atoms with Gasteiger partial charge in [0.1, 0.15) is 10.8 Å². The molecule has 0 aliphatic heterocycles. The number of hydrogen-bond acceptors (Lipinski definition) is 9. The standard InChI is InChI=1S/C18H18FN7OS2/c1-10-4-6-20-12(14(10)19)8-26-7-5-13(25-26)22-17-24-23-16(29-17)18(3,27)15-21-11(2)9-28-15/h4-7,9,27H,8H2,1-3H3,(H,22,24,25). The van der Waals surface area contributed by atoms with Gasteiger partial charge in [-0.1, -0.05) is 11.3 Å². The number of nitrogens with one attached hydrogen (secondary N) is 1. The number of aliphatic hydroxyl groups is 1. The summed E-state index contributed by atoms with van der Waals surface area (Å²) in [7, 11) is 0. The maximum Gasteiger partial charge on any atom is 0.211 e. The van der Waals surface area contributed by atoms with Crippen LogP contribution in [0.1, 0.15) is 33.9 Å². The summed E-state index contributed by atoms with van der Waals surface area (Å²) in [6, 6.07) is 3.38. The molecule has 150 valence electrons. The molecule has 0 aliphatic carbocycles. The fourth-order valence-electron chi connectivity index (χ4n) is 2.63. The lowest BCUT2D eigenvalue weighted by atomic mass is 10.1. The second-order valence-electron chi connectivity index (χ2n) is 6.69. The first-order valence-electron chi connectivity index (χ1n) is 8.72. The molecule has 0 amide bonds. The van der Waals surface area contributed by atoms with Gasteiger partial charge in [-0.3, -0.25) is 9.67 Å². The van der Waals surface area contributed by atoms with Crippen LogP contribution in [0.15, 0.2) is 29.9 Å². The molecule has 1 unspecified atom stereocenters. The van der Waals surface area contributed by atoms with Crippen LogP contribution in [-0.2, 0) is 12.1 Å². The second kappa shape index (κ2) is 7.58. The van der Waals surface area contributed by atoms with Gasteiger partial charge in [-0.25, -0.2) is 9.37 Å². The molecule has 0 aromatic carbocycles. The van der Waals surface area contributed by atoms with E-state index in [1.807, 2.05) is 12.3 Å². The SMILES string of the molecule is Cc1csc(C(C)(O)c2nnc(Nc3ccn(Cc4nccc(C)c4F)n3)s2)n1. The van der Waals surface area contributed by atoms with Crippen molar-refractivity contribution in [2.24, 2.45) is 0 Å². The Bertz CT molecular complexity index is 1150. The van der Waals surface area contributed by atoms with Crippen LogP contribution in [0.4, 0.5) is 15.3 Å². The Morgan fingerprint density at radius 3 is 2.83 bits per heavy atom. The van der Waals surface area contributed by atoms with E-state index >= 15 is 0 Å². The van der Waals surface area contributed by atoms with Crippen molar-refractivity contribution in [1.82, 2.24) is 29.9 Å². The first-order valence-corrected chi connectivity index (χ1v) is 10.4. The molecule has 4 aromatic rings. The summed E-state index contributed by atoms with van der Waals surface area (Å²) in [6.45, 7) is 5.44. The van der Waals surface area contributed by atoms with E-state index in [4.69, 9.17) is 0 Å². The highest BCUT2D eigenvalue weighted by molar-refractivity contribution is 7.15. The Labute approximate surface area is 174 Å². The van der Waals surface area contributed by atoms with E-state index in [0.29, 0.717) is 32.2 Å². The van der Waals surface area contributed by atoms with Gasteiger partial charge in [-0.2, -0.15) is 5.10 Å². The number of pyridine rings is 1. The second-order valence-corrected chi connectivity index (χ2v) is 8.53. The van der Waals surface area contributed by atoms with Crippen molar-refractivity contribution in [2.45, 2.75) is 32.9 Å². The number of anilines is 2. The third-order valence-corrected chi connectivity index (χ3v) is 6.44. The van der Waals surface area contributed by atoms with Crippen LogP contribution in [0.25, 0.3) is 0 Å². The number of rotatable bonds is 6. The van der Waals surface area contributed by atoms with Gasteiger partial charge in [0.2, 0.25) is 5.13 Å². The van der Waals surface area contributed by atoms with E-state index in [1.165, 1.54) is 22.7 Å². The summed E-state index contributed by atoms with van der Waals surface area (Å²) in [6.07, 6.45) is 3.30. The predicted octanol–water partition coefficient (Wildman–Crippen LogP) is 3.39. The molecule has 29 heavy (non-hydrogen) atoms. The van der Waals surface area contributed by atoms with Gasteiger partial charge in [0.05, 0.1) is 12.2 Å². The van der Waals surface area contributed by atoms with Crippen LogP contribution in [0.5, 0.6) is 0 Å². The summed E-state index contributed by atoms with van der Waals surface area (Å²) >= 11 is 2.59. The van der Waals surface area contributed by atoms with Gasteiger partial charge < -0.3 is 10.4 Å². The van der Waals surface area contributed by atoms with Crippen LogP contribution in [-0.4, -0.2) is 35.1 Å². The Balaban J connectivity index is 1.48. The molecule has 4 heterocycles. The smallest absolute Gasteiger partial charge is 0.211 e. The average molecular weight is 432 g/mol. The van der Waals surface area contributed by atoms with E-state index in [0.717, 1.165) is 5.69 Å². The third-order valence-electron chi connectivity index (χ3n) is 4.22. The van der Waals surface area contributed by atoms with Crippen molar-refractivity contribution in [2.75, 3.05) is 5.32 Å². The van der Waals surface area contributed by atoms with Gasteiger partial charge in [0, 0.05) is 29.5 Å². The van der Waals surface area contributed by atoms with Gasteiger partial charge in [-0.15, -0.1) is 21.5 Å². The Hall–Kier alpha value is -2.76. The molecule has 2 N–H and O–H groups in total. The first-order chi connectivity index (χ1) is 13.8. The van der Waals surface area contributed by atoms with Gasteiger partial charge >= 0.3 is 0 Å². The summed E-state index contributed by atoms with van der Waals surface area (Å²) in [5.74, 6) is 0.205. The molecular weight excluding hydrogens is 413 g/mol. The number of aromatic nitrogens is 6. The molecule has 0 bridgehead atoms. The Morgan fingerprint density at radius 2 is 2.07 bits per heavy atom. The minimum atomic E-state index is -1.32. The summed E-state index contributed by atoms with van der Waals surface area (Å²) in [4.78, 5) is 8.42. The number of halogens is 1. The van der Waals surface area contributed by atoms with Crippen LogP contribution in [0.2, 0.25) is 0 Å². The topological polar surface area (TPSA) is 102 Å². The molecule has 4 rings (SSSR count). The molecule has 0 saturated heterocycles. The lowest BCUT2D eigenvalue weighted by Gasteiger charge is -2.16. The Morgan fingerprint density at radius 1 is 1.24 bits per heavy atom. The number of thiazole rings is 1. The molecule has 0 spiro atoms. The van der Waals surface area contributed by atoms with Crippen LogP contribution >= 0.6 is 22.7 Å². The normalized spacial score (nSPS) is 13.4. The zero-order chi connectivity index (χ0) is 20.6. The van der Waals surface area contributed by atoms with Gasteiger partial charge in [-0.05, 0) is 32.4 Å². The lowest BCUT2D eigenvalue weighted by Crippen LogP contribution is -2.22. The first kappa shape index (κ1) is 19.6. The zero-order valence-electron chi connectivity index (χ0n) is 15.9. The number of aryl methyl sites for hydroxylation is 2. The molecule has 4 aromatic heterocycles. The molecule has 0 saturated carbocycles. The van der Waals surface area contributed by atoms with Crippen molar-refractivity contribution in [3.63, 3.8) is 0 Å². The predicted molar refractivity (Wildman–Crippen MR) is 109 cm³/mol. The fraction of sp³-hybridized carbons (Fsp3) is 0.278. The van der Waals surface area contributed by atoms with Crippen molar-refractivity contribution >= 4 is 33.6 Å². The van der Waals surface area contributed by atoms with E-state index in [-0.39, 0.29) is 12.4 Å². The number of nitrogens with zero attached hydrogens (tertiary/aromatic N) is 6. The minimum absolute atomic E-state index is 0.217. The van der Waals surface area contributed by atoms with Crippen molar-refractivity contribution in [1.29, 1.82) is 0 Å². The maximum absolute atomic E-state index is 14.1. The molecule has 0 aliphatic rings. The molecule has 0 radical (unpaired) electrons. The Kier molecular flexibility index (Phi) is 5.11. The fourth-order valence-corrected chi connectivity index (χ4v) is 4.35. The van der Waals surface area contributed by atoms with Crippen LogP contribution < -0.4 is 5.32 Å². The molecule has 11 heteroatoms. The average Bonchev–Trinajstić information content (AvgIpc) is 3.41. The molecule has 1 atom stereocenters. The van der Waals surface area contributed by atoms with Crippen LogP contribution in [0.3, 0.4) is 0 Å². The largest absolute Gasteiger partial charge is 0.376 e.